The molecule has 0 aliphatic carbocycles. The van der Waals surface area contributed by atoms with Gasteiger partial charge in [-0.2, -0.15) is 0 Å². The van der Waals surface area contributed by atoms with Crippen LogP contribution in [0.4, 0.5) is 0 Å². The largest absolute Gasteiger partial charge is 0.493 e. The molecule has 3 heterocycles. The van der Waals surface area contributed by atoms with Crippen LogP contribution >= 0.6 is 0 Å². The van der Waals surface area contributed by atoms with E-state index in [0.717, 1.165) is 11.1 Å². The van der Waals surface area contributed by atoms with Crippen molar-refractivity contribution in [2.75, 3.05) is 28.4 Å². The Kier molecular flexibility index (Phi) is 4.66. The number of hydrogen-bond acceptors (Lipinski definition) is 8. The summed E-state index contributed by atoms with van der Waals surface area (Å²) >= 11 is 0. The fourth-order valence-corrected chi connectivity index (χ4v) is 4.55. The lowest BCUT2D eigenvalue weighted by atomic mass is 9.66. The van der Waals surface area contributed by atoms with Gasteiger partial charge in [-0.1, -0.05) is 0 Å². The van der Waals surface area contributed by atoms with Crippen LogP contribution in [0.2, 0.25) is 0 Å². The van der Waals surface area contributed by atoms with Crippen molar-refractivity contribution in [2.24, 2.45) is 11.8 Å². The molecule has 4 atom stereocenters. The molecule has 8 heteroatoms. The molecule has 1 aromatic heterocycles. The summed E-state index contributed by atoms with van der Waals surface area (Å²) in [5.74, 6) is -1.90. The Balaban J connectivity index is 2.04. The maximum absolute atomic E-state index is 12.9. The molecule has 1 saturated heterocycles. The third kappa shape index (κ3) is 2.52. The molecule has 0 N–H and O–H groups in total. The van der Waals surface area contributed by atoms with Gasteiger partial charge in [0, 0.05) is 12.4 Å². The van der Waals surface area contributed by atoms with Gasteiger partial charge in [-0.3, -0.25) is 14.6 Å². The fraction of sp³-hybridized carbons (Fsp3) is 0.381. The summed E-state index contributed by atoms with van der Waals surface area (Å²) in [6, 6.07) is 7.10. The monoisotopic (exact) mass is 399 g/mol. The summed E-state index contributed by atoms with van der Waals surface area (Å²) in [6.45, 7) is 0. The Morgan fingerprint density at radius 3 is 2.17 bits per heavy atom. The predicted octanol–water partition coefficient (Wildman–Crippen LogP) is 2.01. The normalized spacial score (nSPS) is 26.6. The van der Waals surface area contributed by atoms with E-state index in [1.807, 2.05) is 0 Å². The second kappa shape index (κ2) is 7.04. The zero-order valence-corrected chi connectivity index (χ0v) is 16.5. The minimum absolute atomic E-state index is 0.495. The van der Waals surface area contributed by atoms with Gasteiger partial charge in [0.05, 0.1) is 34.5 Å². The van der Waals surface area contributed by atoms with Crippen LogP contribution in [0.5, 0.6) is 11.5 Å². The lowest BCUT2D eigenvalue weighted by molar-refractivity contribution is -0.158. The molecule has 1 aromatic carbocycles. The van der Waals surface area contributed by atoms with E-state index >= 15 is 0 Å². The number of fused-ring (bicyclic) bond motifs is 5. The fourth-order valence-electron chi connectivity index (χ4n) is 4.55. The first-order valence-corrected chi connectivity index (χ1v) is 9.03. The van der Waals surface area contributed by atoms with E-state index in [1.54, 1.807) is 36.7 Å². The highest BCUT2D eigenvalue weighted by Crippen LogP contribution is 2.65. The Bertz CT molecular complexity index is 961. The summed E-state index contributed by atoms with van der Waals surface area (Å²) in [7, 11) is 5.65. The van der Waals surface area contributed by atoms with Gasteiger partial charge >= 0.3 is 11.9 Å². The molecule has 4 rings (SSSR count). The molecule has 0 saturated carbocycles. The second-order valence-electron chi connectivity index (χ2n) is 6.85. The molecule has 2 aliphatic rings. The first-order valence-electron chi connectivity index (χ1n) is 9.03. The number of nitrogens with zero attached hydrogens (tertiary/aromatic N) is 1. The third-order valence-corrected chi connectivity index (χ3v) is 5.74. The molecule has 0 amide bonds. The molecular weight excluding hydrogens is 378 g/mol. The standard InChI is InChI=1S/C21H21NO7/c1-25-14-9-12-13(10-15(14)26-2)21(11-5-7-22-8-6-11)17(20(24)28-4)16(18(12)29-21)19(23)27-3/h5-10,16-18H,1-4H3/t16-,17-,18+,21-/m1/s1. The molecule has 8 nitrogen and oxygen atoms in total. The molecular formula is C21H21NO7. The van der Waals surface area contributed by atoms with Gasteiger partial charge in [-0.15, -0.1) is 0 Å². The number of pyridine rings is 1. The first-order chi connectivity index (χ1) is 14.0. The molecule has 2 bridgehead atoms. The summed E-state index contributed by atoms with van der Waals surface area (Å²) in [5, 5.41) is 0. The smallest absolute Gasteiger partial charge is 0.313 e. The van der Waals surface area contributed by atoms with Crippen molar-refractivity contribution in [3.05, 3.63) is 53.3 Å². The van der Waals surface area contributed by atoms with E-state index in [-0.39, 0.29) is 0 Å². The number of methoxy groups -OCH3 is 4. The Hall–Kier alpha value is -3.13. The van der Waals surface area contributed by atoms with E-state index in [4.69, 9.17) is 23.7 Å². The summed E-state index contributed by atoms with van der Waals surface area (Å²) in [5.41, 5.74) is 0.913. The highest BCUT2D eigenvalue weighted by molar-refractivity contribution is 5.87. The Morgan fingerprint density at radius 1 is 0.966 bits per heavy atom. The number of carbonyl (C=O) groups is 2. The van der Waals surface area contributed by atoms with Crippen molar-refractivity contribution in [3.63, 3.8) is 0 Å². The van der Waals surface area contributed by atoms with E-state index in [1.165, 1.54) is 28.4 Å². The number of carbonyl (C=O) groups excluding carboxylic acids is 2. The van der Waals surface area contributed by atoms with Gasteiger partial charge in [0.1, 0.15) is 17.4 Å². The average molecular weight is 399 g/mol. The van der Waals surface area contributed by atoms with Crippen LogP contribution in [0.25, 0.3) is 0 Å². The molecule has 0 spiro atoms. The summed E-state index contributed by atoms with van der Waals surface area (Å²) in [6.07, 6.45) is 2.52. The topological polar surface area (TPSA) is 93.2 Å². The quantitative estimate of drug-likeness (QED) is 0.705. The molecule has 29 heavy (non-hydrogen) atoms. The highest BCUT2D eigenvalue weighted by atomic mass is 16.6. The SMILES string of the molecule is COC(=O)[C@H]1[C@H]2O[C@](c3ccncc3)(c3cc(OC)c(OC)cc32)[C@H]1C(=O)OC. The van der Waals surface area contributed by atoms with Gasteiger partial charge in [0.2, 0.25) is 0 Å². The third-order valence-electron chi connectivity index (χ3n) is 5.74. The molecule has 0 unspecified atom stereocenters. The van der Waals surface area contributed by atoms with Gasteiger partial charge in [-0.25, -0.2) is 0 Å². The molecule has 2 aromatic rings. The van der Waals surface area contributed by atoms with Gasteiger partial charge in [0.25, 0.3) is 0 Å². The molecule has 0 radical (unpaired) electrons. The minimum Gasteiger partial charge on any atom is -0.493 e. The van der Waals surface area contributed by atoms with Gasteiger partial charge in [-0.05, 0) is 41.0 Å². The van der Waals surface area contributed by atoms with Crippen molar-refractivity contribution < 1.29 is 33.3 Å². The van der Waals surface area contributed by atoms with Crippen LogP contribution in [-0.2, 0) is 29.4 Å². The van der Waals surface area contributed by atoms with Crippen LogP contribution in [0.15, 0.2) is 36.7 Å². The van der Waals surface area contributed by atoms with Crippen LogP contribution in [0.1, 0.15) is 22.8 Å². The van der Waals surface area contributed by atoms with Crippen molar-refractivity contribution in [3.8, 4) is 11.5 Å². The Morgan fingerprint density at radius 2 is 1.59 bits per heavy atom. The van der Waals surface area contributed by atoms with Crippen LogP contribution in [0, 0.1) is 11.8 Å². The molecule has 152 valence electrons. The highest BCUT2D eigenvalue weighted by Gasteiger charge is 2.68. The number of rotatable bonds is 5. The number of benzene rings is 1. The zero-order valence-electron chi connectivity index (χ0n) is 16.5. The van der Waals surface area contributed by atoms with Gasteiger partial charge < -0.3 is 23.7 Å². The number of aromatic nitrogens is 1. The molecule has 2 aliphatic heterocycles. The lowest BCUT2D eigenvalue weighted by Crippen LogP contribution is -2.45. The van der Waals surface area contributed by atoms with Crippen LogP contribution in [-0.4, -0.2) is 45.4 Å². The summed E-state index contributed by atoms with van der Waals surface area (Å²) < 4.78 is 27.4. The summed E-state index contributed by atoms with van der Waals surface area (Å²) in [4.78, 5) is 29.7. The maximum Gasteiger partial charge on any atom is 0.313 e. The second-order valence-corrected chi connectivity index (χ2v) is 6.85. The van der Waals surface area contributed by atoms with E-state index in [0.29, 0.717) is 17.1 Å². The van der Waals surface area contributed by atoms with Crippen LogP contribution in [0.3, 0.4) is 0 Å². The average Bonchev–Trinajstić information content (AvgIpc) is 3.30. The van der Waals surface area contributed by atoms with E-state index in [9.17, 15) is 9.59 Å². The number of esters is 2. The first kappa shape index (κ1) is 19.2. The maximum atomic E-state index is 12.9. The van der Waals surface area contributed by atoms with E-state index < -0.39 is 35.5 Å². The van der Waals surface area contributed by atoms with Crippen molar-refractivity contribution >= 4 is 11.9 Å². The molecule has 1 fully saturated rings. The van der Waals surface area contributed by atoms with Gasteiger partial charge in [0.15, 0.2) is 11.5 Å². The van der Waals surface area contributed by atoms with Crippen molar-refractivity contribution in [1.29, 1.82) is 0 Å². The Labute approximate surface area is 167 Å². The van der Waals surface area contributed by atoms with Crippen molar-refractivity contribution in [2.45, 2.75) is 11.7 Å². The zero-order chi connectivity index (χ0) is 20.8. The van der Waals surface area contributed by atoms with Crippen LogP contribution < -0.4 is 9.47 Å². The van der Waals surface area contributed by atoms with E-state index in [2.05, 4.69) is 4.98 Å². The number of ether oxygens (including phenoxy) is 5. The number of hydrogen-bond donors (Lipinski definition) is 0. The minimum atomic E-state index is -1.24. The van der Waals surface area contributed by atoms with Crippen molar-refractivity contribution in [1.82, 2.24) is 4.98 Å². The predicted molar refractivity (Wildman–Crippen MR) is 99.4 cm³/mol. The lowest BCUT2D eigenvalue weighted by Gasteiger charge is -2.35.